The van der Waals surface area contributed by atoms with E-state index in [1.807, 2.05) is 0 Å². The molecule has 0 aliphatic rings. The molecular weight excluding hydrogens is 180 g/mol. The second-order valence-corrected chi connectivity index (χ2v) is 2.80. The van der Waals surface area contributed by atoms with Crippen molar-refractivity contribution in [2.45, 2.75) is 13.3 Å². The average Bonchev–Trinajstić information content (AvgIpc) is 2.25. The molecule has 0 spiro atoms. The Hall–Kier alpha value is -1.65. The van der Waals surface area contributed by atoms with Crippen LogP contribution in [-0.4, -0.2) is 29.5 Å². The first kappa shape index (κ1) is 10.4. The third kappa shape index (κ3) is 2.69. The summed E-state index contributed by atoms with van der Waals surface area (Å²) in [6, 6.07) is 0. The van der Waals surface area contributed by atoms with Gasteiger partial charge in [0.1, 0.15) is 11.5 Å². The molecular formula is C9H14N4O. The number of rotatable bonds is 4. The van der Waals surface area contributed by atoms with Gasteiger partial charge >= 0.3 is 0 Å². The van der Waals surface area contributed by atoms with Gasteiger partial charge in [-0.25, -0.2) is 4.98 Å². The van der Waals surface area contributed by atoms with E-state index in [1.54, 1.807) is 13.2 Å². The zero-order valence-corrected chi connectivity index (χ0v) is 8.37. The fourth-order valence-electron chi connectivity index (χ4n) is 0.942. The summed E-state index contributed by atoms with van der Waals surface area (Å²) in [5.41, 5.74) is 0.327. The van der Waals surface area contributed by atoms with Gasteiger partial charge in [0, 0.05) is 13.6 Å². The molecule has 0 saturated carbocycles. The second kappa shape index (κ2) is 5.16. The molecule has 1 amide bonds. The third-order valence-electron chi connectivity index (χ3n) is 1.65. The van der Waals surface area contributed by atoms with Crippen LogP contribution in [0.5, 0.6) is 0 Å². The first-order chi connectivity index (χ1) is 6.77. The maximum Gasteiger partial charge on any atom is 0.271 e. The molecule has 0 saturated heterocycles. The zero-order chi connectivity index (χ0) is 10.4. The average molecular weight is 194 g/mol. The van der Waals surface area contributed by atoms with Crippen molar-refractivity contribution in [3.8, 4) is 0 Å². The van der Waals surface area contributed by atoms with Crippen LogP contribution in [0, 0.1) is 0 Å². The summed E-state index contributed by atoms with van der Waals surface area (Å²) in [4.78, 5) is 19.2. The highest BCUT2D eigenvalue weighted by molar-refractivity contribution is 5.91. The Morgan fingerprint density at radius 2 is 2.29 bits per heavy atom. The molecule has 0 aliphatic carbocycles. The molecule has 0 aliphatic heterocycles. The predicted molar refractivity (Wildman–Crippen MR) is 54.2 cm³/mol. The molecule has 0 aromatic carbocycles. The van der Waals surface area contributed by atoms with Crippen LogP contribution in [0.15, 0.2) is 12.4 Å². The standard InChI is InChI=1S/C9H14N4O/c1-3-4-12-8-6-11-5-7(13-8)9(14)10-2/h5-6H,3-4H2,1-2H3,(H,10,14)(H,12,13). The molecule has 14 heavy (non-hydrogen) atoms. The minimum absolute atomic E-state index is 0.224. The van der Waals surface area contributed by atoms with Gasteiger partial charge in [0.05, 0.1) is 12.4 Å². The summed E-state index contributed by atoms with van der Waals surface area (Å²) in [5.74, 6) is 0.408. The van der Waals surface area contributed by atoms with Crippen LogP contribution >= 0.6 is 0 Å². The van der Waals surface area contributed by atoms with Gasteiger partial charge in [-0.2, -0.15) is 0 Å². The normalized spacial score (nSPS) is 9.57. The van der Waals surface area contributed by atoms with Crippen molar-refractivity contribution in [1.29, 1.82) is 0 Å². The van der Waals surface area contributed by atoms with Crippen molar-refractivity contribution < 1.29 is 4.79 Å². The van der Waals surface area contributed by atoms with Crippen LogP contribution in [-0.2, 0) is 0 Å². The second-order valence-electron chi connectivity index (χ2n) is 2.80. The van der Waals surface area contributed by atoms with E-state index in [-0.39, 0.29) is 5.91 Å². The molecule has 0 unspecified atom stereocenters. The number of carbonyl (C=O) groups is 1. The van der Waals surface area contributed by atoms with Gasteiger partial charge in [-0.05, 0) is 6.42 Å². The van der Waals surface area contributed by atoms with Crippen molar-refractivity contribution in [3.63, 3.8) is 0 Å². The number of aromatic nitrogens is 2. The van der Waals surface area contributed by atoms with Gasteiger partial charge in [-0.15, -0.1) is 0 Å². The maximum atomic E-state index is 11.2. The maximum absolute atomic E-state index is 11.2. The minimum atomic E-state index is -0.224. The van der Waals surface area contributed by atoms with Crippen LogP contribution in [0.1, 0.15) is 23.8 Å². The Labute approximate surface area is 83.0 Å². The van der Waals surface area contributed by atoms with Crippen LogP contribution in [0.3, 0.4) is 0 Å². The summed E-state index contributed by atoms with van der Waals surface area (Å²) in [6.07, 6.45) is 4.05. The smallest absolute Gasteiger partial charge is 0.271 e. The molecule has 1 aromatic rings. The van der Waals surface area contributed by atoms with Gasteiger partial charge in [0.2, 0.25) is 0 Å². The summed E-state index contributed by atoms with van der Waals surface area (Å²) < 4.78 is 0. The van der Waals surface area contributed by atoms with Crippen molar-refractivity contribution in [1.82, 2.24) is 15.3 Å². The van der Waals surface area contributed by atoms with Crippen LogP contribution in [0.2, 0.25) is 0 Å². The molecule has 0 fully saturated rings. The molecule has 0 radical (unpaired) electrons. The van der Waals surface area contributed by atoms with Crippen molar-refractivity contribution >= 4 is 11.7 Å². The van der Waals surface area contributed by atoms with Crippen molar-refractivity contribution in [2.24, 2.45) is 0 Å². The van der Waals surface area contributed by atoms with Crippen molar-refractivity contribution in [3.05, 3.63) is 18.1 Å². The Kier molecular flexibility index (Phi) is 3.84. The number of carbonyl (C=O) groups excluding carboxylic acids is 1. The van der Waals surface area contributed by atoms with E-state index in [0.29, 0.717) is 11.5 Å². The number of anilines is 1. The topological polar surface area (TPSA) is 66.9 Å². The number of amides is 1. The predicted octanol–water partition coefficient (Wildman–Crippen LogP) is 0.658. The zero-order valence-electron chi connectivity index (χ0n) is 8.37. The summed E-state index contributed by atoms with van der Waals surface area (Å²) >= 11 is 0. The fourth-order valence-corrected chi connectivity index (χ4v) is 0.942. The highest BCUT2D eigenvalue weighted by Gasteiger charge is 2.05. The van der Waals surface area contributed by atoms with Crippen molar-refractivity contribution in [2.75, 3.05) is 18.9 Å². The lowest BCUT2D eigenvalue weighted by molar-refractivity contribution is 0.0958. The summed E-state index contributed by atoms with van der Waals surface area (Å²) in [6.45, 7) is 2.88. The Morgan fingerprint density at radius 3 is 2.93 bits per heavy atom. The monoisotopic (exact) mass is 194 g/mol. The van der Waals surface area contributed by atoms with Crippen LogP contribution in [0.4, 0.5) is 5.82 Å². The number of nitrogens with one attached hydrogen (secondary N) is 2. The lowest BCUT2D eigenvalue weighted by atomic mass is 10.4. The summed E-state index contributed by atoms with van der Waals surface area (Å²) in [5, 5.41) is 5.56. The molecule has 1 heterocycles. The molecule has 5 heteroatoms. The third-order valence-corrected chi connectivity index (χ3v) is 1.65. The first-order valence-electron chi connectivity index (χ1n) is 4.56. The van der Waals surface area contributed by atoms with E-state index in [4.69, 9.17) is 0 Å². The largest absolute Gasteiger partial charge is 0.369 e. The Balaban J connectivity index is 2.73. The molecule has 1 aromatic heterocycles. The molecule has 5 nitrogen and oxygen atoms in total. The number of hydrogen-bond donors (Lipinski definition) is 2. The highest BCUT2D eigenvalue weighted by atomic mass is 16.1. The van der Waals surface area contributed by atoms with Gasteiger partial charge in [0.15, 0.2) is 0 Å². The van der Waals surface area contributed by atoms with E-state index in [9.17, 15) is 4.79 Å². The van der Waals surface area contributed by atoms with Gasteiger partial charge in [-0.1, -0.05) is 6.92 Å². The highest BCUT2D eigenvalue weighted by Crippen LogP contribution is 2.01. The van der Waals surface area contributed by atoms with Crippen LogP contribution < -0.4 is 10.6 Å². The SMILES string of the molecule is CCCNc1cncc(C(=O)NC)n1. The molecule has 1 rings (SSSR count). The van der Waals surface area contributed by atoms with E-state index >= 15 is 0 Å². The quantitative estimate of drug-likeness (QED) is 0.738. The molecule has 0 atom stereocenters. The number of hydrogen-bond acceptors (Lipinski definition) is 4. The van der Waals surface area contributed by atoms with Gasteiger partial charge in [-0.3, -0.25) is 9.78 Å². The van der Waals surface area contributed by atoms with Crippen LogP contribution in [0.25, 0.3) is 0 Å². The van der Waals surface area contributed by atoms with E-state index in [2.05, 4.69) is 27.5 Å². The Bertz CT molecular complexity index is 313. The molecule has 76 valence electrons. The van der Waals surface area contributed by atoms with E-state index < -0.39 is 0 Å². The first-order valence-corrected chi connectivity index (χ1v) is 4.56. The van der Waals surface area contributed by atoms with E-state index in [0.717, 1.165) is 13.0 Å². The fraction of sp³-hybridized carbons (Fsp3) is 0.444. The molecule has 2 N–H and O–H groups in total. The molecule has 0 bridgehead atoms. The Morgan fingerprint density at radius 1 is 1.50 bits per heavy atom. The van der Waals surface area contributed by atoms with Gasteiger partial charge in [0.25, 0.3) is 5.91 Å². The summed E-state index contributed by atoms with van der Waals surface area (Å²) in [7, 11) is 1.57. The van der Waals surface area contributed by atoms with E-state index in [1.165, 1.54) is 6.20 Å². The lowest BCUT2D eigenvalue weighted by Crippen LogP contribution is -2.20. The number of nitrogens with zero attached hydrogens (tertiary/aromatic N) is 2. The lowest BCUT2D eigenvalue weighted by Gasteiger charge is -2.04. The minimum Gasteiger partial charge on any atom is -0.369 e. The van der Waals surface area contributed by atoms with Gasteiger partial charge < -0.3 is 10.6 Å².